The SMILES string of the molecule is C=CC(=O)C(C)(OCC)C(=O)O. The topological polar surface area (TPSA) is 63.6 Å². The van der Waals surface area contributed by atoms with E-state index >= 15 is 0 Å². The Morgan fingerprint density at radius 3 is 2.42 bits per heavy atom. The number of carboxylic acid groups (broad SMARTS) is 1. The molecule has 1 atom stereocenters. The van der Waals surface area contributed by atoms with Gasteiger partial charge in [0, 0.05) is 6.61 Å². The Bertz CT molecular complexity index is 209. The average Bonchev–Trinajstić information content (AvgIpc) is 2.03. The van der Waals surface area contributed by atoms with Gasteiger partial charge in [0.25, 0.3) is 0 Å². The fourth-order valence-corrected chi connectivity index (χ4v) is 0.722. The lowest BCUT2D eigenvalue weighted by Gasteiger charge is -2.20. The smallest absolute Gasteiger partial charge is 0.343 e. The fourth-order valence-electron chi connectivity index (χ4n) is 0.722. The molecule has 0 saturated heterocycles. The van der Waals surface area contributed by atoms with Gasteiger partial charge in [-0.3, -0.25) is 4.79 Å². The third-order valence-electron chi connectivity index (χ3n) is 1.50. The van der Waals surface area contributed by atoms with E-state index < -0.39 is 17.4 Å². The highest BCUT2D eigenvalue weighted by Crippen LogP contribution is 2.12. The van der Waals surface area contributed by atoms with E-state index in [9.17, 15) is 9.59 Å². The summed E-state index contributed by atoms with van der Waals surface area (Å²) in [6.07, 6.45) is 0.948. The summed E-state index contributed by atoms with van der Waals surface area (Å²) in [5, 5.41) is 8.67. The second-order valence-corrected chi connectivity index (χ2v) is 2.34. The zero-order valence-electron chi connectivity index (χ0n) is 7.16. The third-order valence-corrected chi connectivity index (χ3v) is 1.50. The molecule has 0 aliphatic heterocycles. The second-order valence-electron chi connectivity index (χ2n) is 2.34. The van der Waals surface area contributed by atoms with Crippen molar-refractivity contribution in [1.82, 2.24) is 0 Å². The van der Waals surface area contributed by atoms with Gasteiger partial charge in [-0.15, -0.1) is 0 Å². The molecule has 0 fully saturated rings. The lowest BCUT2D eigenvalue weighted by atomic mass is 10.0. The number of ether oxygens (including phenoxy) is 1. The minimum atomic E-state index is -1.78. The molecule has 68 valence electrons. The molecule has 12 heavy (non-hydrogen) atoms. The summed E-state index contributed by atoms with van der Waals surface area (Å²) >= 11 is 0. The van der Waals surface area contributed by atoms with Gasteiger partial charge >= 0.3 is 5.97 Å². The van der Waals surface area contributed by atoms with Crippen molar-refractivity contribution in [2.24, 2.45) is 0 Å². The first-order chi connectivity index (χ1) is 5.49. The van der Waals surface area contributed by atoms with Gasteiger partial charge in [0.2, 0.25) is 5.60 Å². The zero-order chi connectivity index (χ0) is 9.78. The first-order valence-electron chi connectivity index (χ1n) is 3.53. The van der Waals surface area contributed by atoms with Crippen LogP contribution in [0.4, 0.5) is 0 Å². The molecule has 0 amide bonds. The highest BCUT2D eigenvalue weighted by molar-refractivity contribution is 6.11. The molecule has 0 aromatic carbocycles. The third kappa shape index (κ3) is 1.92. The molecular formula is C8H12O4. The molecule has 0 aromatic heterocycles. The summed E-state index contributed by atoms with van der Waals surface area (Å²) in [5.74, 6) is -1.94. The van der Waals surface area contributed by atoms with Crippen LogP contribution in [0.5, 0.6) is 0 Å². The summed E-state index contributed by atoms with van der Waals surface area (Å²) in [6.45, 7) is 6.20. The van der Waals surface area contributed by atoms with E-state index in [4.69, 9.17) is 9.84 Å². The van der Waals surface area contributed by atoms with Gasteiger partial charge in [-0.05, 0) is 19.9 Å². The number of ketones is 1. The number of carbonyl (C=O) groups excluding carboxylic acids is 1. The largest absolute Gasteiger partial charge is 0.479 e. The molecule has 0 aliphatic rings. The Kier molecular flexibility index (Phi) is 3.63. The molecule has 0 heterocycles. The maximum Gasteiger partial charge on any atom is 0.343 e. The highest BCUT2D eigenvalue weighted by Gasteiger charge is 2.40. The lowest BCUT2D eigenvalue weighted by molar-refractivity contribution is -0.167. The van der Waals surface area contributed by atoms with E-state index in [1.807, 2.05) is 0 Å². The van der Waals surface area contributed by atoms with E-state index in [2.05, 4.69) is 6.58 Å². The van der Waals surface area contributed by atoms with Crippen molar-refractivity contribution in [1.29, 1.82) is 0 Å². The van der Waals surface area contributed by atoms with Crippen LogP contribution in [0.25, 0.3) is 0 Å². The summed E-state index contributed by atoms with van der Waals surface area (Å²) in [5.41, 5.74) is -1.78. The lowest BCUT2D eigenvalue weighted by Crippen LogP contribution is -2.45. The van der Waals surface area contributed by atoms with E-state index in [1.165, 1.54) is 6.92 Å². The van der Waals surface area contributed by atoms with Crippen molar-refractivity contribution >= 4 is 11.8 Å². The first-order valence-corrected chi connectivity index (χ1v) is 3.53. The molecule has 0 bridgehead atoms. The summed E-state index contributed by atoms with van der Waals surface area (Å²) < 4.78 is 4.82. The van der Waals surface area contributed by atoms with Crippen LogP contribution in [0, 0.1) is 0 Å². The molecule has 0 aromatic rings. The highest BCUT2D eigenvalue weighted by atomic mass is 16.5. The van der Waals surface area contributed by atoms with E-state index in [-0.39, 0.29) is 6.61 Å². The average molecular weight is 172 g/mol. The molecular weight excluding hydrogens is 160 g/mol. The fraction of sp³-hybridized carbons (Fsp3) is 0.500. The number of carboxylic acids is 1. The van der Waals surface area contributed by atoms with Gasteiger partial charge in [0.05, 0.1) is 0 Å². The van der Waals surface area contributed by atoms with Crippen molar-refractivity contribution in [3.8, 4) is 0 Å². The molecule has 0 rings (SSSR count). The molecule has 0 spiro atoms. The molecule has 0 aliphatic carbocycles. The standard InChI is InChI=1S/C8H12O4/c1-4-6(9)8(3,7(10)11)12-5-2/h4H,1,5H2,2-3H3,(H,10,11). The van der Waals surface area contributed by atoms with E-state index in [1.54, 1.807) is 6.92 Å². The molecule has 1 unspecified atom stereocenters. The molecule has 1 N–H and O–H groups in total. The zero-order valence-corrected chi connectivity index (χ0v) is 7.16. The maximum absolute atomic E-state index is 11.0. The Morgan fingerprint density at radius 2 is 2.17 bits per heavy atom. The van der Waals surface area contributed by atoms with E-state index in [0.29, 0.717) is 0 Å². The predicted octanol–water partition coefficient (Wildman–Crippen LogP) is 0.621. The number of aliphatic carboxylic acids is 1. The van der Waals surface area contributed by atoms with Gasteiger partial charge < -0.3 is 9.84 Å². The van der Waals surface area contributed by atoms with Crippen LogP contribution < -0.4 is 0 Å². The maximum atomic E-state index is 11.0. The summed E-state index contributed by atoms with van der Waals surface area (Å²) in [7, 11) is 0. The van der Waals surface area contributed by atoms with Gasteiger partial charge in [0.15, 0.2) is 5.78 Å². The number of hydrogen-bond acceptors (Lipinski definition) is 3. The minimum absolute atomic E-state index is 0.169. The Hall–Kier alpha value is -1.16. The van der Waals surface area contributed by atoms with Crippen LogP contribution in [0.15, 0.2) is 12.7 Å². The van der Waals surface area contributed by atoms with Crippen molar-refractivity contribution in [3.05, 3.63) is 12.7 Å². The van der Waals surface area contributed by atoms with Gasteiger partial charge in [0.1, 0.15) is 0 Å². The quantitative estimate of drug-likeness (QED) is 0.487. The molecule has 0 radical (unpaired) electrons. The van der Waals surface area contributed by atoms with Crippen molar-refractivity contribution < 1.29 is 19.4 Å². The summed E-state index contributed by atoms with van der Waals surface area (Å²) in [6, 6.07) is 0. The van der Waals surface area contributed by atoms with Crippen LogP contribution in [0.3, 0.4) is 0 Å². The first kappa shape index (κ1) is 10.8. The van der Waals surface area contributed by atoms with Crippen LogP contribution in [0.2, 0.25) is 0 Å². The second kappa shape index (κ2) is 4.01. The number of hydrogen-bond donors (Lipinski definition) is 1. The Balaban J connectivity index is 4.72. The number of rotatable bonds is 5. The van der Waals surface area contributed by atoms with Crippen LogP contribution >= 0.6 is 0 Å². The van der Waals surface area contributed by atoms with Crippen LogP contribution in [0.1, 0.15) is 13.8 Å². The molecule has 4 heteroatoms. The van der Waals surface area contributed by atoms with Crippen LogP contribution in [-0.4, -0.2) is 29.1 Å². The van der Waals surface area contributed by atoms with Crippen LogP contribution in [-0.2, 0) is 14.3 Å². The van der Waals surface area contributed by atoms with Gasteiger partial charge in [-0.2, -0.15) is 0 Å². The van der Waals surface area contributed by atoms with E-state index in [0.717, 1.165) is 6.08 Å². The Morgan fingerprint density at radius 1 is 1.67 bits per heavy atom. The molecule has 4 nitrogen and oxygen atoms in total. The number of carbonyl (C=O) groups is 2. The Labute approximate surface area is 70.8 Å². The molecule has 0 saturated carbocycles. The summed E-state index contributed by atoms with van der Waals surface area (Å²) in [4.78, 5) is 21.7. The normalized spacial score (nSPS) is 14.8. The van der Waals surface area contributed by atoms with Crippen molar-refractivity contribution in [2.45, 2.75) is 19.4 Å². The minimum Gasteiger partial charge on any atom is -0.479 e. The van der Waals surface area contributed by atoms with Gasteiger partial charge in [-0.25, -0.2) is 4.79 Å². The van der Waals surface area contributed by atoms with Crippen molar-refractivity contribution in [3.63, 3.8) is 0 Å². The predicted molar refractivity (Wildman–Crippen MR) is 42.9 cm³/mol. The van der Waals surface area contributed by atoms with Crippen molar-refractivity contribution in [2.75, 3.05) is 6.61 Å². The monoisotopic (exact) mass is 172 g/mol. The van der Waals surface area contributed by atoms with Gasteiger partial charge in [-0.1, -0.05) is 6.58 Å².